The molecule has 5 heteroatoms. The van der Waals surface area contributed by atoms with Gasteiger partial charge in [-0.1, -0.05) is 22.0 Å². The predicted molar refractivity (Wildman–Crippen MR) is 89.9 cm³/mol. The molecule has 2 aliphatic rings. The van der Waals surface area contributed by atoms with Crippen molar-refractivity contribution < 1.29 is 9.53 Å². The third-order valence-corrected chi connectivity index (χ3v) is 4.73. The van der Waals surface area contributed by atoms with Crippen molar-refractivity contribution in [3.63, 3.8) is 0 Å². The highest BCUT2D eigenvalue weighted by molar-refractivity contribution is 9.10. The van der Waals surface area contributed by atoms with Crippen LogP contribution < -0.4 is 0 Å². The van der Waals surface area contributed by atoms with Crippen LogP contribution in [0.3, 0.4) is 0 Å². The molecule has 3 rings (SSSR count). The molecule has 1 saturated heterocycles. The zero-order valence-corrected chi connectivity index (χ0v) is 15.0. The number of likely N-dealkylation sites (tertiary alicyclic amines) is 1. The lowest BCUT2D eigenvalue weighted by atomic mass is 9.97. The van der Waals surface area contributed by atoms with Crippen LogP contribution in [0.5, 0.6) is 0 Å². The van der Waals surface area contributed by atoms with E-state index in [2.05, 4.69) is 39.0 Å². The maximum atomic E-state index is 12.0. The van der Waals surface area contributed by atoms with Gasteiger partial charge in [-0.05, 0) is 50.5 Å². The average molecular weight is 367 g/mol. The van der Waals surface area contributed by atoms with Gasteiger partial charge in [-0.3, -0.25) is 4.90 Å². The van der Waals surface area contributed by atoms with Crippen LogP contribution in [0.15, 0.2) is 22.7 Å². The summed E-state index contributed by atoms with van der Waals surface area (Å²) in [6, 6.07) is 7.00. The van der Waals surface area contributed by atoms with E-state index in [0.717, 1.165) is 37.1 Å². The van der Waals surface area contributed by atoms with Gasteiger partial charge in [0.2, 0.25) is 0 Å². The van der Waals surface area contributed by atoms with Gasteiger partial charge < -0.3 is 9.64 Å². The van der Waals surface area contributed by atoms with E-state index >= 15 is 0 Å². The second-order valence-corrected chi connectivity index (χ2v) is 8.09. The molecule has 4 nitrogen and oxygen atoms in total. The molecule has 22 heavy (non-hydrogen) atoms. The van der Waals surface area contributed by atoms with Crippen LogP contribution in [0.2, 0.25) is 0 Å². The molecule has 0 atom stereocenters. The average Bonchev–Trinajstić information content (AvgIpc) is 2.35. The van der Waals surface area contributed by atoms with Crippen LogP contribution in [0.25, 0.3) is 0 Å². The maximum absolute atomic E-state index is 12.0. The number of rotatable bonds is 1. The second kappa shape index (κ2) is 5.85. The largest absolute Gasteiger partial charge is 0.444 e. The quantitative estimate of drug-likeness (QED) is 0.763. The van der Waals surface area contributed by atoms with Crippen LogP contribution in [0, 0.1) is 0 Å². The number of halogens is 1. The van der Waals surface area contributed by atoms with Gasteiger partial charge in [0.1, 0.15) is 5.60 Å². The van der Waals surface area contributed by atoms with E-state index < -0.39 is 5.60 Å². The van der Waals surface area contributed by atoms with Gasteiger partial charge in [-0.2, -0.15) is 0 Å². The molecule has 2 heterocycles. The van der Waals surface area contributed by atoms with E-state index in [1.165, 1.54) is 11.1 Å². The Labute approximate surface area is 140 Å². The highest BCUT2D eigenvalue weighted by Gasteiger charge is 2.37. The number of nitrogens with zero attached hydrogens (tertiary/aromatic N) is 2. The number of carbonyl (C=O) groups excluding carboxylic acids is 1. The molecular formula is C17H23BrN2O2. The van der Waals surface area contributed by atoms with Crippen molar-refractivity contribution >= 4 is 22.0 Å². The number of benzene rings is 1. The molecular weight excluding hydrogens is 344 g/mol. The third kappa shape index (κ3) is 3.46. The van der Waals surface area contributed by atoms with E-state index in [4.69, 9.17) is 4.74 Å². The molecule has 0 radical (unpaired) electrons. The molecule has 1 aromatic rings. The lowest BCUT2D eigenvalue weighted by Gasteiger charge is -2.46. The van der Waals surface area contributed by atoms with Crippen LogP contribution in [0.1, 0.15) is 31.9 Å². The fourth-order valence-corrected chi connectivity index (χ4v) is 3.43. The Bertz CT molecular complexity index is 577. The van der Waals surface area contributed by atoms with Gasteiger partial charge in [0.05, 0.1) is 0 Å². The van der Waals surface area contributed by atoms with Crippen LogP contribution in [-0.4, -0.2) is 47.2 Å². The number of hydrogen-bond donors (Lipinski definition) is 0. The highest BCUT2D eigenvalue weighted by Crippen LogP contribution is 2.27. The molecule has 0 aromatic heterocycles. The van der Waals surface area contributed by atoms with Crippen LogP contribution in [0.4, 0.5) is 4.79 Å². The zero-order chi connectivity index (χ0) is 15.9. The molecule has 1 fully saturated rings. The summed E-state index contributed by atoms with van der Waals surface area (Å²) in [6.45, 7) is 9.32. The van der Waals surface area contributed by atoms with Crippen molar-refractivity contribution in [1.29, 1.82) is 0 Å². The summed E-state index contributed by atoms with van der Waals surface area (Å²) in [7, 11) is 0. The monoisotopic (exact) mass is 366 g/mol. The van der Waals surface area contributed by atoms with Crippen molar-refractivity contribution in [1.82, 2.24) is 9.80 Å². The molecule has 0 aliphatic carbocycles. The van der Waals surface area contributed by atoms with E-state index in [0.29, 0.717) is 6.04 Å². The zero-order valence-electron chi connectivity index (χ0n) is 13.4. The number of carbonyl (C=O) groups is 1. The number of amides is 1. The normalized spacial score (nSPS) is 19.5. The standard InChI is InChI=1S/C17H23BrN2O2/c1-17(2,3)22-16(21)20-10-15(11-20)19-7-6-12-8-14(18)5-4-13(12)9-19/h4-5,8,15H,6-7,9-11H2,1-3H3. The molecule has 0 N–H and O–H groups in total. The van der Waals surface area contributed by atoms with Crippen molar-refractivity contribution in [2.75, 3.05) is 19.6 Å². The van der Waals surface area contributed by atoms with Gasteiger partial charge in [0.15, 0.2) is 0 Å². The lowest BCUT2D eigenvalue weighted by Crippen LogP contribution is -2.62. The van der Waals surface area contributed by atoms with Gasteiger partial charge >= 0.3 is 6.09 Å². The molecule has 0 unspecified atom stereocenters. The summed E-state index contributed by atoms with van der Waals surface area (Å²) in [4.78, 5) is 16.3. The van der Waals surface area contributed by atoms with E-state index in [1.807, 2.05) is 20.8 Å². The minimum absolute atomic E-state index is 0.190. The van der Waals surface area contributed by atoms with Crippen LogP contribution in [-0.2, 0) is 17.7 Å². The van der Waals surface area contributed by atoms with Crippen LogP contribution >= 0.6 is 15.9 Å². The van der Waals surface area contributed by atoms with Crippen molar-refractivity contribution in [3.05, 3.63) is 33.8 Å². The van der Waals surface area contributed by atoms with Crippen molar-refractivity contribution in [2.45, 2.75) is 45.4 Å². The fourth-order valence-electron chi connectivity index (χ4n) is 3.02. The smallest absolute Gasteiger partial charge is 0.410 e. The van der Waals surface area contributed by atoms with Gasteiger partial charge in [0, 0.05) is 36.7 Å². The first-order valence-electron chi connectivity index (χ1n) is 7.81. The summed E-state index contributed by atoms with van der Waals surface area (Å²) < 4.78 is 6.56. The SMILES string of the molecule is CC(C)(C)OC(=O)N1CC(N2CCc3cc(Br)ccc3C2)C1. The third-order valence-electron chi connectivity index (χ3n) is 4.24. The molecule has 2 aliphatic heterocycles. The lowest BCUT2D eigenvalue weighted by molar-refractivity contribution is -0.0180. The number of fused-ring (bicyclic) bond motifs is 1. The summed E-state index contributed by atoms with van der Waals surface area (Å²) in [5, 5.41) is 0. The first-order chi connectivity index (χ1) is 10.3. The van der Waals surface area contributed by atoms with E-state index in [-0.39, 0.29) is 6.09 Å². The van der Waals surface area contributed by atoms with Crippen molar-refractivity contribution in [3.8, 4) is 0 Å². The molecule has 0 bridgehead atoms. The summed E-state index contributed by atoms with van der Waals surface area (Å²) in [6.07, 6.45) is 0.891. The summed E-state index contributed by atoms with van der Waals surface area (Å²) >= 11 is 3.54. The molecule has 1 aromatic carbocycles. The van der Waals surface area contributed by atoms with E-state index in [9.17, 15) is 4.79 Å². The molecule has 0 spiro atoms. The summed E-state index contributed by atoms with van der Waals surface area (Å²) in [5.74, 6) is 0. The van der Waals surface area contributed by atoms with E-state index in [1.54, 1.807) is 4.90 Å². The summed E-state index contributed by atoms with van der Waals surface area (Å²) in [5.41, 5.74) is 2.43. The maximum Gasteiger partial charge on any atom is 0.410 e. The Balaban J connectivity index is 1.54. The Hall–Kier alpha value is -1.07. The predicted octanol–water partition coefficient (Wildman–Crippen LogP) is 3.43. The first-order valence-corrected chi connectivity index (χ1v) is 8.60. The molecule has 1 amide bonds. The molecule has 120 valence electrons. The Morgan fingerprint density at radius 3 is 2.68 bits per heavy atom. The second-order valence-electron chi connectivity index (χ2n) is 7.17. The molecule has 0 saturated carbocycles. The Kier molecular flexibility index (Phi) is 4.21. The Morgan fingerprint density at radius 2 is 2.00 bits per heavy atom. The fraction of sp³-hybridized carbons (Fsp3) is 0.588. The number of hydrogen-bond acceptors (Lipinski definition) is 3. The highest BCUT2D eigenvalue weighted by atomic mass is 79.9. The first kappa shape index (κ1) is 15.8. The van der Waals surface area contributed by atoms with Gasteiger partial charge in [-0.15, -0.1) is 0 Å². The minimum Gasteiger partial charge on any atom is -0.444 e. The van der Waals surface area contributed by atoms with Gasteiger partial charge in [-0.25, -0.2) is 4.79 Å². The van der Waals surface area contributed by atoms with Gasteiger partial charge in [0.25, 0.3) is 0 Å². The number of ether oxygens (including phenoxy) is 1. The van der Waals surface area contributed by atoms with Crippen molar-refractivity contribution in [2.24, 2.45) is 0 Å². The minimum atomic E-state index is -0.417. The topological polar surface area (TPSA) is 32.8 Å². The Morgan fingerprint density at radius 1 is 1.27 bits per heavy atom.